The molecule has 0 aromatic heterocycles. The smallest absolute Gasteiger partial charge is 0.00471 e. The Labute approximate surface area is 77.1 Å². The van der Waals surface area contributed by atoms with Gasteiger partial charge >= 0.3 is 0 Å². The predicted octanol–water partition coefficient (Wildman–Crippen LogP) is 1.70. The van der Waals surface area contributed by atoms with Crippen molar-refractivity contribution in [1.29, 1.82) is 0 Å². The first-order chi connectivity index (χ1) is 5.61. The second-order valence-electron chi connectivity index (χ2n) is 3.83. The van der Waals surface area contributed by atoms with Crippen molar-refractivity contribution in [3.05, 3.63) is 0 Å². The minimum absolute atomic E-state index is 0.312. The Morgan fingerprint density at radius 1 is 1.17 bits per heavy atom. The first kappa shape index (κ1) is 11.9. The van der Waals surface area contributed by atoms with Gasteiger partial charge in [-0.3, -0.25) is 0 Å². The molecule has 0 aromatic rings. The highest BCUT2D eigenvalue weighted by molar-refractivity contribution is 4.77. The summed E-state index contributed by atoms with van der Waals surface area (Å²) in [7, 11) is 0. The van der Waals surface area contributed by atoms with Gasteiger partial charge in [0, 0.05) is 6.54 Å². The standard InChI is InChI=1S/C10H24N2/c1-5-10(4,8-11)9-12(6-2)7-3/h5-9,11H2,1-4H3. The van der Waals surface area contributed by atoms with Crippen LogP contribution >= 0.6 is 0 Å². The fourth-order valence-electron chi connectivity index (χ4n) is 1.31. The van der Waals surface area contributed by atoms with Crippen molar-refractivity contribution >= 4 is 0 Å². The number of rotatable bonds is 6. The van der Waals surface area contributed by atoms with Crippen LogP contribution < -0.4 is 5.73 Å². The van der Waals surface area contributed by atoms with Crippen LogP contribution in [0.1, 0.15) is 34.1 Å². The molecule has 0 amide bonds. The zero-order valence-corrected chi connectivity index (χ0v) is 9.06. The van der Waals surface area contributed by atoms with Crippen LogP contribution in [-0.2, 0) is 0 Å². The zero-order chi connectivity index (χ0) is 9.61. The largest absolute Gasteiger partial charge is 0.330 e. The van der Waals surface area contributed by atoms with Crippen molar-refractivity contribution < 1.29 is 0 Å². The molecule has 0 saturated heterocycles. The van der Waals surface area contributed by atoms with Gasteiger partial charge in [0.05, 0.1) is 0 Å². The Balaban J connectivity index is 3.99. The summed E-state index contributed by atoms with van der Waals surface area (Å²) >= 11 is 0. The van der Waals surface area contributed by atoms with Crippen molar-refractivity contribution in [1.82, 2.24) is 4.90 Å². The molecule has 1 atom stereocenters. The molecule has 12 heavy (non-hydrogen) atoms. The van der Waals surface area contributed by atoms with Crippen molar-refractivity contribution in [2.45, 2.75) is 34.1 Å². The van der Waals surface area contributed by atoms with E-state index in [4.69, 9.17) is 5.73 Å². The number of nitrogens with zero attached hydrogens (tertiary/aromatic N) is 1. The molecular weight excluding hydrogens is 148 g/mol. The van der Waals surface area contributed by atoms with Gasteiger partial charge in [-0.25, -0.2) is 0 Å². The van der Waals surface area contributed by atoms with Gasteiger partial charge in [-0.05, 0) is 31.5 Å². The van der Waals surface area contributed by atoms with Crippen molar-refractivity contribution in [2.24, 2.45) is 11.1 Å². The molecular formula is C10H24N2. The second kappa shape index (κ2) is 5.55. The van der Waals surface area contributed by atoms with Gasteiger partial charge in [-0.15, -0.1) is 0 Å². The summed E-state index contributed by atoms with van der Waals surface area (Å²) in [5, 5.41) is 0. The third kappa shape index (κ3) is 3.55. The van der Waals surface area contributed by atoms with E-state index in [1.807, 2.05) is 0 Å². The van der Waals surface area contributed by atoms with E-state index >= 15 is 0 Å². The minimum atomic E-state index is 0.312. The van der Waals surface area contributed by atoms with Gasteiger partial charge in [0.25, 0.3) is 0 Å². The van der Waals surface area contributed by atoms with Gasteiger partial charge in [0.1, 0.15) is 0 Å². The Kier molecular flexibility index (Phi) is 5.51. The van der Waals surface area contributed by atoms with Crippen LogP contribution in [0.3, 0.4) is 0 Å². The fraction of sp³-hybridized carbons (Fsp3) is 1.00. The first-order valence-corrected chi connectivity index (χ1v) is 5.04. The van der Waals surface area contributed by atoms with E-state index in [9.17, 15) is 0 Å². The molecule has 0 aromatic carbocycles. The van der Waals surface area contributed by atoms with Crippen LogP contribution in [-0.4, -0.2) is 31.1 Å². The van der Waals surface area contributed by atoms with Crippen molar-refractivity contribution in [2.75, 3.05) is 26.2 Å². The highest BCUT2D eigenvalue weighted by Crippen LogP contribution is 2.20. The van der Waals surface area contributed by atoms with Gasteiger partial charge in [-0.2, -0.15) is 0 Å². The summed E-state index contributed by atoms with van der Waals surface area (Å²) < 4.78 is 0. The lowest BCUT2D eigenvalue weighted by molar-refractivity contribution is 0.177. The van der Waals surface area contributed by atoms with E-state index in [-0.39, 0.29) is 0 Å². The molecule has 0 aliphatic heterocycles. The Morgan fingerprint density at radius 3 is 1.92 bits per heavy atom. The molecule has 0 aliphatic rings. The van der Waals surface area contributed by atoms with Crippen LogP contribution in [0.15, 0.2) is 0 Å². The molecule has 2 N–H and O–H groups in total. The maximum absolute atomic E-state index is 5.75. The maximum Gasteiger partial charge on any atom is 0.00471 e. The number of nitrogens with two attached hydrogens (primary N) is 1. The molecule has 0 saturated carbocycles. The van der Waals surface area contributed by atoms with Crippen LogP contribution in [0.2, 0.25) is 0 Å². The number of hydrogen-bond acceptors (Lipinski definition) is 2. The first-order valence-electron chi connectivity index (χ1n) is 5.04. The van der Waals surface area contributed by atoms with Crippen molar-refractivity contribution in [3.8, 4) is 0 Å². The Hall–Kier alpha value is -0.0800. The van der Waals surface area contributed by atoms with E-state index in [0.717, 1.165) is 26.2 Å². The molecule has 0 bridgehead atoms. The topological polar surface area (TPSA) is 29.3 Å². The lowest BCUT2D eigenvalue weighted by Gasteiger charge is -2.32. The fourth-order valence-corrected chi connectivity index (χ4v) is 1.31. The normalized spacial score (nSPS) is 16.5. The summed E-state index contributed by atoms with van der Waals surface area (Å²) in [4.78, 5) is 2.44. The minimum Gasteiger partial charge on any atom is -0.330 e. The van der Waals surface area contributed by atoms with Crippen molar-refractivity contribution in [3.63, 3.8) is 0 Å². The average Bonchev–Trinajstić information content (AvgIpc) is 2.14. The van der Waals surface area contributed by atoms with E-state index in [1.165, 1.54) is 6.42 Å². The molecule has 1 unspecified atom stereocenters. The number of hydrogen-bond donors (Lipinski definition) is 1. The molecule has 0 heterocycles. The average molecular weight is 172 g/mol. The summed E-state index contributed by atoms with van der Waals surface area (Å²) in [5.41, 5.74) is 6.06. The van der Waals surface area contributed by atoms with Gasteiger partial charge in [0.15, 0.2) is 0 Å². The highest BCUT2D eigenvalue weighted by Gasteiger charge is 2.21. The third-order valence-corrected chi connectivity index (χ3v) is 2.85. The third-order valence-electron chi connectivity index (χ3n) is 2.85. The molecule has 0 spiro atoms. The quantitative estimate of drug-likeness (QED) is 0.661. The molecule has 74 valence electrons. The van der Waals surface area contributed by atoms with Crippen LogP contribution in [0, 0.1) is 5.41 Å². The second-order valence-corrected chi connectivity index (χ2v) is 3.83. The maximum atomic E-state index is 5.75. The molecule has 0 rings (SSSR count). The van der Waals surface area contributed by atoms with E-state index < -0.39 is 0 Å². The monoisotopic (exact) mass is 172 g/mol. The van der Waals surface area contributed by atoms with Gasteiger partial charge in [0.2, 0.25) is 0 Å². The van der Waals surface area contributed by atoms with Crippen LogP contribution in [0.25, 0.3) is 0 Å². The lowest BCUT2D eigenvalue weighted by atomic mass is 9.87. The highest BCUT2D eigenvalue weighted by atomic mass is 15.1. The van der Waals surface area contributed by atoms with Gasteiger partial charge in [-0.1, -0.05) is 27.7 Å². The summed E-state index contributed by atoms with van der Waals surface area (Å²) in [6.45, 7) is 13.1. The van der Waals surface area contributed by atoms with E-state index in [2.05, 4.69) is 32.6 Å². The van der Waals surface area contributed by atoms with Gasteiger partial charge < -0.3 is 10.6 Å². The Bertz CT molecular complexity index is 104. The van der Waals surface area contributed by atoms with E-state index in [1.54, 1.807) is 0 Å². The molecule has 2 heteroatoms. The van der Waals surface area contributed by atoms with Crippen LogP contribution in [0.5, 0.6) is 0 Å². The predicted molar refractivity (Wildman–Crippen MR) is 55.2 cm³/mol. The van der Waals surface area contributed by atoms with E-state index in [0.29, 0.717) is 5.41 Å². The lowest BCUT2D eigenvalue weighted by Crippen LogP contribution is -2.40. The zero-order valence-electron chi connectivity index (χ0n) is 9.06. The molecule has 0 fully saturated rings. The summed E-state index contributed by atoms with van der Waals surface area (Å²) in [6.07, 6.45) is 1.17. The molecule has 0 aliphatic carbocycles. The SMILES string of the molecule is CCN(CC)CC(C)(CC)CN. The Morgan fingerprint density at radius 2 is 1.67 bits per heavy atom. The molecule has 2 nitrogen and oxygen atoms in total. The summed E-state index contributed by atoms with van der Waals surface area (Å²) in [5.74, 6) is 0. The molecule has 0 radical (unpaired) electrons. The van der Waals surface area contributed by atoms with Crippen LogP contribution in [0.4, 0.5) is 0 Å². The summed E-state index contributed by atoms with van der Waals surface area (Å²) in [6, 6.07) is 0.